The Kier molecular flexibility index (Phi) is 5.59. The summed E-state index contributed by atoms with van der Waals surface area (Å²) in [6.07, 6.45) is 4.94. The number of aryl methyl sites for hydroxylation is 1. The average molecular weight is 277 g/mol. The Bertz CT molecular complexity index is 429. The molecule has 1 aliphatic rings. The number of hydrogen-bond donors (Lipinski definition) is 1. The number of rotatable bonds is 5. The third-order valence-corrected chi connectivity index (χ3v) is 4.71. The van der Waals surface area contributed by atoms with Gasteiger partial charge in [0.05, 0.1) is 0 Å². The molecule has 3 unspecified atom stereocenters. The second kappa shape index (κ2) is 7.21. The van der Waals surface area contributed by atoms with Gasteiger partial charge in [0, 0.05) is 0 Å². The van der Waals surface area contributed by atoms with Crippen molar-refractivity contribution >= 4 is 0 Å². The van der Waals surface area contributed by atoms with Crippen LogP contribution in [0.4, 0.5) is 4.39 Å². The first-order chi connectivity index (χ1) is 9.61. The lowest BCUT2D eigenvalue weighted by molar-refractivity contribution is 0.241. The number of benzene rings is 1. The quantitative estimate of drug-likeness (QED) is 0.772. The molecular weight excluding hydrogens is 249 g/mol. The zero-order valence-corrected chi connectivity index (χ0v) is 13.1. The molecule has 1 aliphatic carbocycles. The molecule has 0 spiro atoms. The summed E-state index contributed by atoms with van der Waals surface area (Å²) in [7, 11) is 0. The molecule has 2 rings (SSSR count). The Morgan fingerprint density at radius 2 is 2.10 bits per heavy atom. The molecule has 20 heavy (non-hydrogen) atoms. The van der Waals surface area contributed by atoms with Crippen LogP contribution in [0.2, 0.25) is 0 Å². The van der Waals surface area contributed by atoms with Crippen molar-refractivity contribution in [1.82, 2.24) is 5.32 Å². The van der Waals surface area contributed by atoms with Crippen molar-refractivity contribution in [2.75, 3.05) is 13.1 Å². The van der Waals surface area contributed by atoms with E-state index in [0.717, 1.165) is 24.6 Å². The lowest BCUT2D eigenvalue weighted by Crippen LogP contribution is -2.32. The summed E-state index contributed by atoms with van der Waals surface area (Å²) in [5, 5.41) is 3.55. The highest BCUT2D eigenvalue weighted by molar-refractivity contribution is 5.27. The van der Waals surface area contributed by atoms with E-state index >= 15 is 0 Å². The van der Waals surface area contributed by atoms with Gasteiger partial charge in [0.2, 0.25) is 0 Å². The van der Waals surface area contributed by atoms with Gasteiger partial charge in [-0.3, -0.25) is 0 Å². The Morgan fingerprint density at radius 1 is 1.30 bits per heavy atom. The van der Waals surface area contributed by atoms with Gasteiger partial charge in [-0.05, 0) is 74.2 Å². The van der Waals surface area contributed by atoms with Gasteiger partial charge in [0.1, 0.15) is 5.82 Å². The zero-order chi connectivity index (χ0) is 14.5. The normalized spacial score (nSPS) is 26.7. The van der Waals surface area contributed by atoms with E-state index in [1.165, 1.54) is 31.2 Å². The molecule has 0 aliphatic heterocycles. The molecule has 1 saturated carbocycles. The highest BCUT2D eigenvalue weighted by atomic mass is 19.1. The lowest BCUT2D eigenvalue weighted by atomic mass is 9.71. The van der Waals surface area contributed by atoms with Crippen molar-refractivity contribution < 1.29 is 4.39 Å². The topological polar surface area (TPSA) is 12.0 Å². The first-order valence-electron chi connectivity index (χ1n) is 8.08. The maximum Gasteiger partial charge on any atom is 0.126 e. The number of halogens is 1. The van der Waals surface area contributed by atoms with Gasteiger partial charge in [0.15, 0.2) is 0 Å². The zero-order valence-electron chi connectivity index (χ0n) is 13.1. The minimum atomic E-state index is -0.0546. The fraction of sp³-hybridized carbons (Fsp3) is 0.667. The maximum absolute atomic E-state index is 13.8. The van der Waals surface area contributed by atoms with Gasteiger partial charge in [-0.15, -0.1) is 0 Å². The van der Waals surface area contributed by atoms with Crippen LogP contribution in [0.3, 0.4) is 0 Å². The predicted molar refractivity (Wildman–Crippen MR) is 83.5 cm³/mol. The average Bonchev–Trinajstić information content (AvgIpc) is 2.44. The molecule has 0 bridgehead atoms. The third kappa shape index (κ3) is 3.82. The molecule has 0 amide bonds. The van der Waals surface area contributed by atoms with Gasteiger partial charge >= 0.3 is 0 Å². The molecule has 3 atom stereocenters. The minimum Gasteiger partial charge on any atom is -0.316 e. The van der Waals surface area contributed by atoms with E-state index < -0.39 is 0 Å². The predicted octanol–water partition coefficient (Wildman–Crippen LogP) is 4.65. The molecule has 1 aromatic rings. The third-order valence-electron chi connectivity index (χ3n) is 4.71. The molecule has 0 heterocycles. The summed E-state index contributed by atoms with van der Waals surface area (Å²) in [5.41, 5.74) is 1.95. The minimum absolute atomic E-state index is 0.0546. The molecule has 1 N–H and O–H groups in total. The van der Waals surface area contributed by atoms with E-state index in [1.807, 2.05) is 13.0 Å². The van der Waals surface area contributed by atoms with Gasteiger partial charge in [-0.1, -0.05) is 32.4 Å². The van der Waals surface area contributed by atoms with E-state index in [0.29, 0.717) is 11.8 Å². The molecule has 1 aromatic carbocycles. The van der Waals surface area contributed by atoms with Crippen LogP contribution in [0.25, 0.3) is 0 Å². The van der Waals surface area contributed by atoms with Gasteiger partial charge < -0.3 is 5.32 Å². The van der Waals surface area contributed by atoms with Crippen LogP contribution >= 0.6 is 0 Å². The molecule has 1 fully saturated rings. The Hall–Kier alpha value is -0.890. The van der Waals surface area contributed by atoms with Gasteiger partial charge in [-0.2, -0.15) is 0 Å². The van der Waals surface area contributed by atoms with E-state index in [4.69, 9.17) is 0 Å². The van der Waals surface area contributed by atoms with Crippen LogP contribution in [0.1, 0.15) is 56.6 Å². The molecule has 0 saturated heterocycles. The number of hydrogen-bond acceptors (Lipinski definition) is 1. The van der Waals surface area contributed by atoms with Gasteiger partial charge in [-0.25, -0.2) is 4.39 Å². The van der Waals surface area contributed by atoms with Crippen LogP contribution in [-0.4, -0.2) is 13.1 Å². The van der Waals surface area contributed by atoms with E-state index in [9.17, 15) is 4.39 Å². The summed E-state index contributed by atoms with van der Waals surface area (Å²) >= 11 is 0. The van der Waals surface area contributed by atoms with Crippen LogP contribution in [-0.2, 0) is 0 Å². The van der Waals surface area contributed by atoms with Crippen molar-refractivity contribution in [1.29, 1.82) is 0 Å². The van der Waals surface area contributed by atoms with Crippen LogP contribution in [0, 0.1) is 24.6 Å². The fourth-order valence-corrected chi connectivity index (χ4v) is 3.40. The SMILES string of the molecule is CCCNCC1CCC(C)CC1c1ccc(C)c(F)c1. The monoisotopic (exact) mass is 277 g/mol. The van der Waals surface area contributed by atoms with E-state index in [1.54, 1.807) is 6.07 Å². The summed E-state index contributed by atoms with van der Waals surface area (Å²) in [6.45, 7) is 8.51. The first-order valence-corrected chi connectivity index (χ1v) is 8.08. The van der Waals surface area contributed by atoms with Crippen molar-refractivity contribution in [2.45, 2.75) is 52.4 Å². The number of nitrogens with one attached hydrogen (secondary N) is 1. The first kappa shape index (κ1) is 15.5. The summed E-state index contributed by atoms with van der Waals surface area (Å²) in [6, 6.07) is 5.83. The van der Waals surface area contributed by atoms with E-state index in [2.05, 4.69) is 25.2 Å². The summed E-state index contributed by atoms with van der Waals surface area (Å²) in [5.74, 6) is 1.87. The van der Waals surface area contributed by atoms with E-state index in [-0.39, 0.29) is 5.82 Å². The largest absolute Gasteiger partial charge is 0.316 e. The standard InChI is InChI=1S/C18H28FN/c1-4-9-20-12-16-7-5-13(2)10-17(16)15-8-6-14(3)18(19)11-15/h6,8,11,13,16-17,20H,4-5,7,9-10,12H2,1-3H3. The van der Waals surface area contributed by atoms with Gasteiger partial charge in [0.25, 0.3) is 0 Å². The Balaban J connectivity index is 2.12. The Morgan fingerprint density at radius 3 is 2.80 bits per heavy atom. The molecule has 2 heteroatoms. The van der Waals surface area contributed by atoms with Crippen LogP contribution in [0.5, 0.6) is 0 Å². The summed E-state index contributed by atoms with van der Waals surface area (Å²) in [4.78, 5) is 0. The van der Waals surface area contributed by atoms with Crippen molar-refractivity contribution in [3.05, 3.63) is 35.1 Å². The molecule has 1 nitrogen and oxygen atoms in total. The van der Waals surface area contributed by atoms with Crippen molar-refractivity contribution in [3.63, 3.8) is 0 Å². The second-order valence-corrected chi connectivity index (χ2v) is 6.50. The molecule has 0 aromatic heterocycles. The fourth-order valence-electron chi connectivity index (χ4n) is 3.40. The Labute approximate surface area is 123 Å². The molecule has 0 radical (unpaired) electrons. The van der Waals surface area contributed by atoms with Crippen molar-refractivity contribution in [3.8, 4) is 0 Å². The smallest absolute Gasteiger partial charge is 0.126 e. The summed E-state index contributed by atoms with van der Waals surface area (Å²) < 4.78 is 13.8. The van der Waals surface area contributed by atoms with Crippen LogP contribution < -0.4 is 5.32 Å². The lowest BCUT2D eigenvalue weighted by Gasteiger charge is -2.35. The maximum atomic E-state index is 13.8. The highest BCUT2D eigenvalue weighted by Crippen LogP contribution is 2.40. The van der Waals surface area contributed by atoms with Crippen LogP contribution in [0.15, 0.2) is 18.2 Å². The second-order valence-electron chi connectivity index (χ2n) is 6.50. The molecule has 112 valence electrons. The molecular formula is C18H28FN. The van der Waals surface area contributed by atoms with Crippen molar-refractivity contribution in [2.24, 2.45) is 11.8 Å². The highest BCUT2D eigenvalue weighted by Gasteiger charge is 2.29.